The number of benzene rings is 1. The average Bonchev–Trinajstić information content (AvgIpc) is 3.00. The van der Waals surface area contributed by atoms with E-state index in [2.05, 4.69) is 9.46 Å². The lowest BCUT2D eigenvalue weighted by Crippen LogP contribution is -2.26. The lowest BCUT2D eigenvalue weighted by Gasteiger charge is -2.12. The molecule has 1 heterocycles. The molecule has 1 atom stereocenters. The first-order valence-electron chi connectivity index (χ1n) is 6.18. The normalized spacial score (nSPS) is 12.9. The van der Waals surface area contributed by atoms with E-state index < -0.39 is 22.0 Å². The van der Waals surface area contributed by atoms with Crippen LogP contribution in [0.4, 0.5) is 0 Å². The molecule has 2 aromatic rings. The Balaban J connectivity index is 2.18. The minimum absolute atomic E-state index is 0.0635. The zero-order valence-corrected chi connectivity index (χ0v) is 12.4. The highest BCUT2D eigenvalue weighted by Gasteiger charge is 2.20. The van der Waals surface area contributed by atoms with Gasteiger partial charge >= 0.3 is 5.97 Å². The molecule has 1 N–H and O–H groups in total. The summed E-state index contributed by atoms with van der Waals surface area (Å²) in [5.41, 5.74) is 0.288. The molecule has 0 aliphatic heterocycles. The van der Waals surface area contributed by atoms with Crippen LogP contribution >= 0.6 is 0 Å². The van der Waals surface area contributed by atoms with Gasteiger partial charge in [-0.15, -0.1) is 0 Å². The molecule has 1 aromatic heterocycles. The fourth-order valence-electron chi connectivity index (χ4n) is 1.78. The van der Waals surface area contributed by atoms with Gasteiger partial charge in [0.05, 0.1) is 29.9 Å². The van der Waals surface area contributed by atoms with Crippen molar-refractivity contribution in [1.82, 2.24) is 4.72 Å². The van der Waals surface area contributed by atoms with Gasteiger partial charge in [0.25, 0.3) is 0 Å². The Morgan fingerprint density at radius 2 is 1.90 bits per heavy atom. The van der Waals surface area contributed by atoms with Crippen molar-refractivity contribution < 1.29 is 22.4 Å². The lowest BCUT2D eigenvalue weighted by molar-refractivity contribution is 0.0600. The molecule has 1 unspecified atom stereocenters. The summed E-state index contributed by atoms with van der Waals surface area (Å²) in [6, 6.07) is 8.38. The van der Waals surface area contributed by atoms with Crippen LogP contribution in [0.1, 0.15) is 29.1 Å². The smallest absolute Gasteiger partial charge is 0.337 e. The average molecular weight is 309 g/mol. The van der Waals surface area contributed by atoms with Crippen molar-refractivity contribution in [2.45, 2.75) is 17.9 Å². The molecule has 0 aliphatic rings. The maximum absolute atomic E-state index is 12.2. The quantitative estimate of drug-likeness (QED) is 0.855. The number of hydrogen-bond acceptors (Lipinski definition) is 5. The zero-order chi connectivity index (χ0) is 15.5. The Kier molecular flexibility index (Phi) is 4.44. The Hall–Kier alpha value is -2.12. The van der Waals surface area contributed by atoms with Crippen LogP contribution in [0.25, 0.3) is 0 Å². The summed E-state index contributed by atoms with van der Waals surface area (Å²) in [7, 11) is -2.43. The van der Waals surface area contributed by atoms with E-state index in [4.69, 9.17) is 4.42 Å². The second kappa shape index (κ2) is 6.11. The van der Waals surface area contributed by atoms with Crippen LogP contribution in [0.15, 0.2) is 52.0 Å². The monoisotopic (exact) mass is 309 g/mol. The number of esters is 1. The molecule has 0 amide bonds. The first kappa shape index (κ1) is 15.3. The molecule has 0 saturated heterocycles. The van der Waals surface area contributed by atoms with Crippen molar-refractivity contribution in [3.63, 3.8) is 0 Å². The highest BCUT2D eigenvalue weighted by molar-refractivity contribution is 7.89. The van der Waals surface area contributed by atoms with E-state index in [9.17, 15) is 13.2 Å². The van der Waals surface area contributed by atoms with E-state index >= 15 is 0 Å². The van der Waals surface area contributed by atoms with Crippen LogP contribution in [-0.2, 0) is 14.8 Å². The topological polar surface area (TPSA) is 85.6 Å². The lowest BCUT2D eigenvalue weighted by atomic mass is 10.2. The maximum Gasteiger partial charge on any atom is 0.337 e. The van der Waals surface area contributed by atoms with Crippen LogP contribution in [-0.4, -0.2) is 21.5 Å². The molecule has 21 heavy (non-hydrogen) atoms. The number of methoxy groups -OCH3 is 1. The van der Waals surface area contributed by atoms with Gasteiger partial charge in [0.2, 0.25) is 10.0 Å². The number of rotatable bonds is 5. The van der Waals surface area contributed by atoms with Gasteiger partial charge in [-0.2, -0.15) is 0 Å². The third kappa shape index (κ3) is 3.50. The third-order valence-electron chi connectivity index (χ3n) is 2.89. The number of carbonyl (C=O) groups is 1. The molecule has 0 fully saturated rings. The number of sulfonamides is 1. The van der Waals surface area contributed by atoms with Gasteiger partial charge in [-0.05, 0) is 43.3 Å². The fraction of sp³-hybridized carbons (Fsp3) is 0.214. The molecule has 112 valence electrons. The summed E-state index contributed by atoms with van der Waals surface area (Å²) in [5, 5.41) is 0. The van der Waals surface area contributed by atoms with E-state index in [-0.39, 0.29) is 10.5 Å². The molecule has 6 nitrogen and oxygen atoms in total. The third-order valence-corrected chi connectivity index (χ3v) is 4.44. The van der Waals surface area contributed by atoms with Gasteiger partial charge in [-0.25, -0.2) is 17.9 Å². The summed E-state index contributed by atoms with van der Waals surface area (Å²) in [6.45, 7) is 1.68. The molecule has 7 heteroatoms. The Morgan fingerprint density at radius 3 is 2.43 bits per heavy atom. The second-order valence-corrected chi connectivity index (χ2v) is 6.09. The summed E-state index contributed by atoms with van der Waals surface area (Å²) in [6.07, 6.45) is 1.48. The SMILES string of the molecule is COC(=O)c1ccc(S(=O)(=O)NC(C)c2ccco2)cc1. The van der Waals surface area contributed by atoms with E-state index in [1.54, 1.807) is 19.1 Å². The van der Waals surface area contributed by atoms with Crippen molar-refractivity contribution in [1.29, 1.82) is 0 Å². The van der Waals surface area contributed by atoms with Crippen molar-refractivity contribution in [3.8, 4) is 0 Å². The molecule has 0 aliphatic carbocycles. The Bertz CT molecular complexity index is 704. The Labute approximate surface area is 122 Å². The fourth-order valence-corrected chi connectivity index (χ4v) is 3.00. The minimum Gasteiger partial charge on any atom is -0.468 e. The first-order chi connectivity index (χ1) is 9.94. The standard InChI is InChI=1S/C14H15NO5S/c1-10(13-4-3-9-20-13)15-21(17,18)12-7-5-11(6-8-12)14(16)19-2/h3-10,15H,1-2H3. The molecule has 0 bridgehead atoms. The Morgan fingerprint density at radius 1 is 1.24 bits per heavy atom. The van der Waals surface area contributed by atoms with Crippen LogP contribution in [0, 0.1) is 0 Å². The number of nitrogens with one attached hydrogen (secondary N) is 1. The van der Waals surface area contributed by atoms with E-state index in [0.717, 1.165) is 0 Å². The highest BCUT2D eigenvalue weighted by Crippen LogP contribution is 2.17. The number of furan rings is 1. The van der Waals surface area contributed by atoms with Gasteiger partial charge in [-0.1, -0.05) is 0 Å². The van der Waals surface area contributed by atoms with Crippen molar-refractivity contribution in [3.05, 3.63) is 54.0 Å². The number of ether oxygens (including phenoxy) is 1. The summed E-state index contributed by atoms with van der Waals surface area (Å²) in [5.74, 6) is 0.000571. The molecule has 2 rings (SSSR count). The van der Waals surface area contributed by atoms with Gasteiger partial charge in [0.15, 0.2) is 0 Å². The number of carbonyl (C=O) groups excluding carboxylic acids is 1. The minimum atomic E-state index is -3.70. The van der Waals surface area contributed by atoms with Crippen LogP contribution in [0.3, 0.4) is 0 Å². The van der Waals surface area contributed by atoms with Gasteiger partial charge in [-0.3, -0.25) is 0 Å². The van der Waals surface area contributed by atoms with Crippen molar-refractivity contribution >= 4 is 16.0 Å². The van der Waals surface area contributed by atoms with E-state index in [1.165, 1.54) is 37.6 Å². The zero-order valence-electron chi connectivity index (χ0n) is 11.6. The first-order valence-corrected chi connectivity index (χ1v) is 7.66. The highest BCUT2D eigenvalue weighted by atomic mass is 32.2. The predicted molar refractivity (Wildman–Crippen MR) is 75.2 cm³/mol. The molecular formula is C14H15NO5S. The largest absolute Gasteiger partial charge is 0.468 e. The molecule has 0 spiro atoms. The van der Waals surface area contributed by atoms with E-state index in [0.29, 0.717) is 5.76 Å². The van der Waals surface area contributed by atoms with Crippen molar-refractivity contribution in [2.75, 3.05) is 7.11 Å². The second-order valence-electron chi connectivity index (χ2n) is 4.37. The van der Waals surface area contributed by atoms with Gasteiger partial charge in [0.1, 0.15) is 5.76 Å². The summed E-state index contributed by atoms with van der Waals surface area (Å²) >= 11 is 0. The number of hydrogen-bond donors (Lipinski definition) is 1. The van der Waals surface area contributed by atoms with Crippen molar-refractivity contribution in [2.24, 2.45) is 0 Å². The predicted octanol–water partition coefficient (Wildman–Crippen LogP) is 2.11. The summed E-state index contributed by atoms with van der Waals surface area (Å²) in [4.78, 5) is 11.4. The summed E-state index contributed by atoms with van der Waals surface area (Å²) < 4.78 is 36.7. The maximum atomic E-state index is 12.2. The van der Waals surface area contributed by atoms with Crippen LogP contribution in [0.2, 0.25) is 0 Å². The van der Waals surface area contributed by atoms with Crippen LogP contribution in [0.5, 0.6) is 0 Å². The van der Waals surface area contributed by atoms with Gasteiger partial charge < -0.3 is 9.15 Å². The van der Waals surface area contributed by atoms with E-state index in [1.807, 2.05) is 0 Å². The van der Waals surface area contributed by atoms with Crippen LogP contribution < -0.4 is 4.72 Å². The molecule has 0 radical (unpaired) electrons. The molecule has 0 saturated carbocycles. The molecular weight excluding hydrogens is 294 g/mol. The van der Waals surface area contributed by atoms with Gasteiger partial charge in [0, 0.05) is 0 Å². The molecule has 1 aromatic carbocycles.